The molecule has 2 rings (SSSR count). The molecule has 2 nitrogen and oxygen atoms in total. The highest BCUT2D eigenvalue weighted by molar-refractivity contribution is 5.17. The summed E-state index contributed by atoms with van der Waals surface area (Å²) >= 11 is 0. The standard InChI is InChI=1S/C12H16O2/c1-2-11-8-13-9-12(14-11)10-6-4-3-5-7-10/h3-7,11-12H,2,8-9H2,1H3. The van der Waals surface area contributed by atoms with E-state index in [1.54, 1.807) is 0 Å². The van der Waals surface area contributed by atoms with Gasteiger partial charge in [-0.25, -0.2) is 0 Å². The fraction of sp³-hybridized carbons (Fsp3) is 0.500. The maximum Gasteiger partial charge on any atom is 0.106 e. The molecule has 2 atom stereocenters. The molecule has 1 aromatic carbocycles. The number of hydrogen-bond donors (Lipinski definition) is 0. The van der Waals surface area contributed by atoms with Crippen LogP contribution in [0, 0.1) is 0 Å². The monoisotopic (exact) mass is 192 g/mol. The third kappa shape index (κ3) is 2.14. The van der Waals surface area contributed by atoms with Crippen LogP contribution in [0.25, 0.3) is 0 Å². The molecule has 0 aromatic heterocycles. The molecule has 14 heavy (non-hydrogen) atoms. The lowest BCUT2D eigenvalue weighted by molar-refractivity contribution is -0.140. The highest BCUT2D eigenvalue weighted by Gasteiger charge is 2.22. The smallest absolute Gasteiger partial charge is 0.106 e. The molecule has 1 aliphatic heterocycles. The molecule has 0 radical (unpaired) electrons. The van der Waals surface area contributed by atoms with Crippen LogP contribution in [0.5, 0.6) is 0 Å². The van der Waals surface area contributed by atoms with Crippen molar-refractivity contribution in [3.05, 3.63) is 35.9 Å². The topological polar surface area (TPSA) is 18.5 Å². The molecule has 0 spiro atoms. The first-order valence-electron chi connectivity index (χ1n) is 5.18. The lowest BCUT2D eigenvalue weighted by Crippen LogP contribution is -2.30. The van der Waals surface area contributed by atoms with E-state index in [-0.39, 0.29) is 12.2 Å². The Labute approximate surface area is 84.8 Å². The van der Waals surface area contributed by atoms with Gasteiger partial charge in [0.15, 0.2) is 0 Å². The summed E-state index contributed by atoms with van der Waals surface area (Å²) in [7, 11) is 0. The van der Waals surface area contributed by atoms with Crippen LogP contribution < -0.4 is 0 Å². The van der Waals surface area contributed by atoms with Gasteiger partial charge in [-0.2, -0.15) is 0 Å². The molecule has 2 unspecified atom stereocenters. The normalized spacial score (nSPS) is 27.5. The average molecular weight is 192 g/mol. The molecule has 1 aliphatic rings. The minimum Gasteiger partial charge on any atom is -0.376 e. The van der Waals surface area contributed by atoms with Crippen LogP contribution in [0.15, 0.2) is 30.3 Å². The van der Waals surface area contributed by atoms with Crippen molar-refractivity contribution in [3.63, 3.8) is 0 Å². The minimum absolute atomic E-state index is 0.120. The molecule has 1 heterocycles. The van der Waals surface area contributed by atoms with Gasteiger partial charge in [-0.05, 0) is 12.0 Å². The summed E-state index contributed by atoms with van der Waals surface area (Å²) in [6.07, 6.45) is 1.40. The maximum absolute atomic E-state index is 5.90. The minimum atomic E-state index is 0.120. The van der Waals surface area contributed by atoms with Crippen molar-refractivity contribution in [3.8, 4) is 0 Å². The first kappa shape index (κ1) is 9.69. The Kier molecular flexibility index (Phi) is 3.17. The molecule has 1 saturated heterocycles. The van der Waals surface area contributed by atoms with Crippen LogP contribution in [0.4, 0.5) is 0 Å². The van der Waals surface area contributed by atoms with Crippen LogP contribution in [0.3, 0.4) is 0 Å². The van der Waals surface area contributed by atoms with E-state index >= 15 is 0 Å². The van der Waals surface area contributed by atoms with Crippen molar-refractivity contribution >= 4 is 0 Å². The van der Waals surface area contributed by atoms with Gasteiger partial charge in [0, 0.05) is 0 Å². The summed E-state index contributed by atoms with van der Waals surface area (Å²) in [6, 6.07) is 10.3. The second-order valence-electron chi connectivity index (χ2n) is 3.60. The summed E-state index contributed by atoms with van der Waals surface area (Å²) < 4.78 is 11.4. The van der Waals surface area contributed by atoms with E-state index in [0.717, 1.165) is 13.0 Å². The van der Waals surface area contributed by atoms with E-state index in [4.69, 9.17) is 9.47 Å². The molecule has 1 fully saturated rings. The Morgan fingerprint density at radius 2 is 2.00 bits per heavy atom. The summed E-state index contributed by atoms with van der Waals surface area (Å²) in [5, 5.41) is 0. The molecule has 0 N–H and O–H groups in total. The van der Waals surface area contributed by atoms with Crippen LogP contribution in [0.1, 0.15) is 25.0 Å². The lowest BCUT2D eigenvalue weighted by Gasteiger charge is -2.29. The van der Waals surface area contributed by atoms with Crippen LogP contribution in [-0.2, 0) is 9.47 Å². The zero-order valence-corrected chi connectivity index (χ0v) is 8.48. The predicted octanol–water partition coefficient (Wildman–Crippen LogP) is 2.55. The number of rotatable bonds is 2. The van der Waals surface area contributed by atoms with Crippen molar-refractivity contribution in [1.82, 2.24) is 0 Å². The molecule has 0 bridgehead atoms. The van der Waals surface area contributed by atoms with Gasteiger partial charge in [0.05, 0.1) is 19.3 Å². The van der Waals surface area contributed by atoms with Crippen molar-refractivity contribution in [2.45, 2.75) is 25.6 Å². The summed E-state index contributed by atoms with van der Waals surface area (Å²) in [5.74, 6) is 0. The number of ether oxygens (including phenoxy) is 2. The SMILES string of the molecule is CCC1COCC(c2ccccc2)O1. The van der Waals surface area contributed by atoms with Gasteiger partial charge in [-0.15, -0.1) is 0 Å². The van der Waals surface area contributed by atoms with Gasteiger partial charge in [0.2, 0.25) is 0 Å². The maximum atomic E-state index is 5.90. The van der Waals surface area contributed by atoms with E-state index in [9.17, 15) is 0 Å². The molecule has 1 aromatic rings. The zero-order chi connectivity index (χ0) is 9.80. The Bertz CT molecular complexity index is 271. The van der Waals surface area contributed by atoms with Crippen LogP contribution in [0.2, 0.25) is 0 Å². The van der Waals surface area contributed by atoms with Crippen molar-refractivity contribution in [2.24, 2.45) is 0 Å². The highest BCUT2D eigenvalue weighted by Crippen LogP contribution is 2.24. The summed E-state index contributed by atoms with van der Waals surface area (Å²) in [6.45, 7) is 3.54. The second-order valence-corrected chi connectivity index (χ2v) is 3.60. The Morgan fingerprint density at radius 3 is 2.71 bits per heavy atom. The quantitative estimate of drug-likeness (QED) is 0.717. The number of benzene rings is 1. The van der Waals surface area contributed by atoms with Gasteiger partial charge >= 0.3 is 0 Å². The van der Waals surface area contributed by atoms with E-state index in [2.05, 4.69) is 19.1 Å². The molecule has 76 valence electrons. The molecular weight excluding hydrogens is 176 g/mol. The Morgan fingerprint density at radius 1 is 1.21 bits per heavy atom. The molecular formula is C12H16O2. The van der Waals surface area contributed by atoms with Gasteiger partial charge < -0.3 is 9.47 Å². The second kappa shape index (κ2) is 4.58. The fourth-order valence-electron chi connectivity index (χ4n) is 1.67. The van der Waals surface area contributed by atoms with Gasteiger partial charge in [-0.3, -0.25) is 0 Å². The Hall–Kier alpha value is -0.860. The van der Waals surface area contributed by atoms with E-state index in [1.165, 1.54) is 5.56 Å². The molecule has 2 heteroatoms. The van der Waals surface area contributed by atoms with Crippen molar-refractivity contribution < 1.29 is 9.47 Å². The van der Waals surface area contributed by atoms with Crippen LogP contribution >= 0.6 is 0 Å². The largest absolute Gasteiger partial charge is 0.376 e. The van der Waals surface area contributed by atoms with E-state index in [1.807, 2.05) is 18.2 Å². The summed E-state index contributed by atoms with van der Waals surface area (Å²) in [4.78, 5) is 0. The first-order valence-corrected chi connectivity index (χ1v) is 5.18. The zero-order valence-electron chi connectivity index (χ0n) is 8.48. The van der Waals surface area contributed by atoms with Crippen LogP contribution in [-0.4, -0.2) is 19.3 Å². The van der Waals surface area contributed by atoms with Gasteiger partial charge in [-0.1, -0.05) is 37.3 Å². The van der Waals surface area contributed by atoms with Gasteiger partial charge in [0.25, 0.3) is 0 Å². The highest BCUT2D eigenvalue weighted by atomic mass is 16.6. The van der Waals surface area contributed by atoms with Crippen molar-refractivity contribution in [1.29, 1.82) is 0 Å². The van der Waals surface area contributed by atoms with E-state index in [0.29, 0.717) is 6.61 Å². The lowest BCUT2D eigenvalue weighted by atomic mass is 10.1. The van der Waals surface area contributed by atoms with E-state index < -0.39 is 0 Å². The molecule has 0 saturated carbocycles. The Balaban J connectivity index is 2.04. The molecule has 0 amide bonds. The third-order valence-corrected chi connectivity index (χ3v) is 2.56. The predicted molar refractivity (Wildman–Crippen MR) is 55.2 cm³/mol. The fourth-order valence-corrected chi connectivity index (χ4v) is 1.67. The first-order chi connectivity index (χ1) is 6.90. The van der Waals surface area contributed by atoms with Gasteiger partial charge in [0.1, 0.15) is 6.10 Å². The average Bonchev–Trinajstić information content (AvgIpc) is 2.30. The third-order valence-electron chi connectivity index (χ3n) is 2.56. The summed E-state index contributed by atoms with van der Waals surface area (Å²) in [5.41, 5.74) is 1.21. The number of hydrogen-bond acceptors (Lipinski definition) is 2. The molecule has 0 aliphatic carbocycles. The van der Waals surface area contributed by atoms with Crippen molar-refractivity contribution in [2.75, 3.05) is 13.2 Å².